The van der Waals surface area contributed by atoms with Gasteiger partial charge in [0.1, 0.15) is 4.90 Å². The normalized spacial score (nSPS) is 17.8. The van der Waals surface area contributed by atoms with Gasteiger partial charge in [-0.05, 0) is 45.8 Å². The summed E-state index contributed by atoms with van der Waals surface area (Å²) in [5, 5.41) is 2.93. The number of nitrogens with one attached hydrogen (secondary N) is 2. The van der Waals surface area contributed by atoms with Crippen LogP contribution in [0.25, 0.3) is 0 Å². The van der Waals surface area contributed by atoms with Crippen molar-refractivity contribution in [1.29, 1.82) is 0 Å². The topological polar surface area (TPSA) is 87.2 Å². The van der Waals surface area contributed by atoms with E-state index >= 15 is 0 Å². The molecule has 0 saturated carbocycles. The van der Waals surface area contributed by atoms with Crippen molar-refractivity contribution in [2.75, 3.05) is 38.5 Å². The molecule has 8 heteroatoms. The highest BCUT2D eigenvalue weighted by Gasteiger charge is 2.20. The molecule has 2 N–H and O–H groups in total. The van der Waals surface area contributed by atoms with Gasteiger partial charge in [-0.25, -0.2) is 23.1 Å². The Morgan fingerprint density at radius 2 is 1.90 bits per heavy atom. The first kappa shape index (κ1) is 16.1. The van der Waals surface area contributed by atoms with Crippen molar-refractivity contribution in [3.8, 4) is 0 Å². The number of piperidine rings is 1. The SMILES string of the molecule is CCNc1ncc(S(=O)(=O)NCC2CCN(C)CC2)cn1. The van der Waals surface area contributed by atoms with Crippen LogP contribution in [0.4, 0.5) is 5.95 Å². The molecule has 0 amide bonds. The van der Waals surface area contributed by atoms with Gasteiger partial charge in [-0.2, -0.15) is 0 Å². The summed E-state index contributed by atoms with van der Waals surface area (Å²) in [6.45, 7) is 5.14. The summed E-state index contributed by atoms with van der Waals surface area (Å²) in [5.41, 5.74) is 0. The van der Waals surface area contributed by atoms with Gasteiger partial charge in [-0.3, -0.25) is 0 Å². The minimum Gasteiger partial charge on any atom is -0.355 e. The van der Waals surface area contributed by atoms with E-state index in [1.54, 1.807) is 0 Å². The van der Waals surface area contributed by atoms with Gasteiger partial charge in [-0.15, -0.1) is 0 Å². The highest BCUT2D eigenvalue weighted by molar-refractivity contribution is 7.89. The zero-order valence-corrected chi connectivity index (χ0v) is 13.4. The van der Waals surface area contributed by atoms with E-state index in [0.717, 1.165) is 25.9 Å². The lowest BCUT2D eigenvalue weighted by Crippen LogP contribution is -2.36. The third kappa shape index (κ3) is 4.62. The second-order valence-electron chi connectivity index (χ2n) is 5.37. The molecule has 1 fully saturated rings. The van der Waals surface area contributed by atoms with Gasteiger partial charge in [0.25, 0.3) is 0 Å². The molecule has 0 bridgehead atoms. The number of rotatable bonds is 6. The van der Waals surface area contributed by atoms with Crippen molar-refractivity contribution in [2.45, 2.75) is 24.7 Å². The summed E-state index contributed by atoms with van der Waals surface area (Å²) >= 11 is 0. The van der Waals surface area contributed by atoms with E-state index in [2.05, 4.69) is 32.0 Å². The van der Waals surface area contributed by atoms with Crippen molar-refractivity contribution in [3.05, 3.63) is 12.4 Å². The first-order valence-electron chi connectivity index (χ1n) is 7.25. The highest BCUT2D eigenvalue weighted by atomic mass is 32.2. The molecule has 1 aliphatic heterocycles. The predicted molar refractivity (Wildman–Crippen MR) is 81.6 cm³/mol. The first-order valence-corrected chi connectivity index (χ1v) is 8.73. The van der Waals surface area contributed by atoms with E-state index in [0.29, 0.717) is 25.0 Å². The maximum atomic E-state index is 12.2. The fourth-order valence-corrected chi connectivity index (χ4v) is 3.29. The molecular weight excluding hydrogens is 290 g/mol. The van der Waals surface area contributed by atoms with E-state index in [1.165, 1.54) is 12.4 Å². The third-order valence-electron chi connectivity index (χ3n) is 3.67. The van der Waals surface area contributed by atoms with Crippen LogP contribution in [0.5, 0.6) is 0 Å². The van der Waals surface area contributed by atoms with Crippen molar-refractivity contribution in [1.82, 2.24) is 19.6 Å². The Morgan fingerprint density at radius 1 is 1.29 bits per heavy atom. The Balaban J connectivity index is 1.91. The average molecular weight is 313 g/mol. The third-order valence-corrected chi connectivity index (χ3v) is 5.05. The Labute approximate surface area is 126 Å². The number of hydrogen-bond donors (Lipinski definition) is 2. The van der Waals surface area contributed by atoms with Crippen LogP contribution in [-0.4, -0.2) is 56.5 Å². The fourth-order valence-electron chi connectivity index (χ4n) is 2.28. The Bertz CT molecular complexity index is 538. The zero-order chi connectivity index (χ0) is 15.3. The molecule has 1 saturated heterocycles. The molecule has 1 aromatic heterocycles. The largest absolute Gasteiger partial charge is 0.355 e. The van der Waals surface area contributed by atoms with Crippen LogP contribution in [0.15, 0.2) is 17.3 Å². The van der Waals surface area contributed by atoms with E-state index < -0.39 is 10.0 Å². The molecule has 118 valence electrons. The van der Waals surface area contributed by atoms with E-state index in [4.69, 9.17) is 0 Å². The van der Waals surface area contributed by atoms with Gasteiger partial charge in [0.2, 0.25) is 16.0 Å². The Kier molecular flexibility index (Phi) is 5.49. The quantitative estimate of drug-likeness (QED) is 0.796. The predicted octanol–water partition coefficient (Wildman–Crippen LogP) is 0.529. The zero-order valence-electron chi connectivity index (χ0n) is 12.5. The van der Waals surface area contributed by atoms with Crippen LogP contribution in [0.3, 0.4) is 0 Å². The maximum Gasteiger partial charge on any atom is 0.243 e. The number of anilines is 1. The second kappa shape index (κ2) is 7.15. The van der Waals surface area contributed by atoms with Gasteiger partial charge in [0.15, 0.2) is 0 Å². The molecule has 7 nitrogen and oxygen atoms in total. The number of likely N-dealkylation sites (tertiary alicyclic amines) is 1. The highest BCUT2D eigenvalue weighted by Crippen LogP contribution is 2.16. The van der Waals surface area contributed by atoms with Crippen LogP contribution in [0, 0.1) is 5.92 Å². The molecule has 2 rings (SSSR count). The molecule has 0 aromatic carbocycles. The summed E-state index contributed by atoms with van der Waals surface area (Å²) in [4.78, 5) is 10.4. The minimum absolute atomic E-state index is 0.108. The molecule has 0 spiro atoms. The maximum absolute atomic E-state index is 12.2. The summed E-state index contributed by atoms with van der Waals surface area (Å²) in [7, 11) is -1.43. The molecule has 0 radical (unpaired) electrons. The summed E-state index contributed by atoms with van der Waals surface area (Å²) in [6.07, 6.45) is 4.72. The van der Waals surface area contributed by atoms with Crippen LogP contribution >= 0.6 is 0 Å². The molecule has 0 aliphatic carbocycles. The lowest BCUT2D eigenvalue weighted by atomic mass is 9.98. The molecule has 2 heterocycles. The van der Waals surface area contributed by atoms with Gasteiger partial charge >= 0.3 is 0 Å². The van der Waals surface area contributed by atoms with Crippen LogP contribution in [-0.2, 0) is 10.0 Å². The number of aromatic nitrogens is 2. The first-order chi connectivity index (χ1) is 10.0. The number of hydrogen-bond acceptors (Lipinski definition) is 6. The van der Waals surface area contributed by atoms with Crippen molar-refractivity contribution < 1.29 is 8.42 Å². The Morgan fingerprint density at radius 3 is 2.48 bits per heavy atom. The van der Waals surface area contributed by atoms with E-state index in [9.17, 15) is 8.42 Å². The molecule has 1 aliphatic rings. The van der Waals surface area contributed by atoms with Crippen molar-refractivity contribution in [2.24, 2.45) is 5.92 Å². The number of sulfonamides is 1. The van der Waals surface area contributed by atoms with Gasteiger partial charge in [0.05, 0.1) is 12.4 Å². The lowest BCUT2D eigenvalue weighted by molar-refractivity contribution is 0.220. The fraction of sp³-hybridized carbons (Fsp3) is 0.692. The molecule has 1 aromatic rings. The van der Waals surface area contributed by atoms with Crippen LogP contribution < -0.4 is 10.0 Å². The molecule has 21 heavy (non-hydrogen) atoms. The van der Waals surface area contributed by atoms with Crippen molar-refractivity contribution >= 4 is 16.0 Å². The van der Waals surface area contributed by atoms with E-state index in [1.807, 2.05) is 6.92 Å². The van der Waals surface area contributed by atoms with Crippen LogP contribution in [0.2, 0.25) is 0 Å². The van der Waals surface area contributed by atoms with Crippen molar-refractivity contribution in [3.63, 3.8) is 0 Å². The monoisotopic (exact) mass is 313 g/mol. The minimum atomic E-state index is -3.52. The standard InChI is InChI=1S/C13H23N5O2S/c1-3-14-13-15-9-12(10-16-13)21(19,20)17-8-11-4-6-18(2)7-5-11/h9-11,17H,3-8H2,1-2H3,(H,14,15,16). The molecule has 0 unspecified atom stereocenters. The van der Waals surface area contributed by atoms with Gasteiger partial charge < -0.3 is 10.2 Å². The van der Waals surface area contributed by atoms with E-state index in [-0.39, 0.29) is 4.90 Å². The smallest absolute Gasteiger partial charge is 0.243 e. The summed E-state index contributed by atoms with van der Waals surface area (Å²) < 4.78 is 27.0. The van der Waals surface area contributed by atoms with Gasteiger partial charge in [0, 0.05) is 13.1 Å². The molecule has 0 atom stereocenters. The lowest BCUT2D eigenvalue weighted by Gasteiger charge is -2.28. The number of nitrogens with zero attached hydrogens (tertiary/aromatic N) is 3. The van der Waals surface area contributed by atoms with Crippen LogP contribution in [0.1, 0.15) is 19.8 Å². The summed E-state index contributed by atoms with van der Waals surface area (Å²) in [5.74, 6) is 0.838. The van der Waals surface area contributed by atoms with Gasteiger partial charge in [-0.1, -0.05) is 0 Å². The Hall–Kier alpha value is -1.25. The average Bonchev–Trinajstić information content (AvgIpc) is 2.48. The molecular formula is C13H23N5O2S. The second-order valence-corrected chi connectivity index (χ2v) is 7.14. The summed E-state index contributed by atoms with van der Waals surface area (Å²) in [6, 6.07) is 0.